The molecule has 2 rings (SSSR count). The number of aryl methyl sites for hydroxylation is 2. The van der Waals surface area contributed by atoms with Crippen LogP contribution in [-0.4, -0.2) is 0 Å². The Balaban J connectivity index is 2.11. The van der Waals surface area contributed by atoms with Gasteiger partial charge in [-0.2, -0.15) is 0 Å². The van der Waals surface area contributed by atoms with Crippen LogP contribution in [0.4, 0.5) is 0 Å². The summed E-state index contributed by atoms with van der Waals surface area (Å²) in [5, 5.41) is 2.48. The Morgan fingerprint density at radius 3 is 1.35 bits per heavy atom. The Hall–Kier alpha value is -0.840. The summed E-state index contributed by atoms with van der Waals surface area (Å²) in [5.74, 6) is 0. The van der Waals surface area contributed by atoms with Gasteiger partial charge in [-0.1, -0.05) is 86.5 Å². The summed E-state index contributed by atoms with van der Waals surface area (Å²) in [6, 6.07) is 17.6. The highest BCUT2D eigenvalue weighted by Crippen LogP contribution is 2.38. The predicted molar refractivity (Wildman–Crippen MR) is 92.9 cm³/mol. The number of halogens is 1. The van der Waals surface area contributed by atoms with Crippen molar-refractivity contribution in [2.24, 2.45) is 0 Å². The summed E-state index contributed by atoms with van der Waals surface area (Å²) < 4.78 is 0. The average molecular weight is 305 g/mol. The van der Waals surface area contributed by atoms with Crippen LogP contribution < -0.4 is 10.6 Å². The molecular weight excluding hydrogens is 283 g/mol. The molecule has 106 valence electrons. The lowest BCUT2D eigenvalue weighted by Crippen LogP contribution is -2.08. The van der Waals surface area contributed by atoms with Crippen LogP contribution in [0.2, 0.25) is 0 Å². The molecule has 0 fully saturated rings. The molecule has 0 saturated carbocycles. The van der Waals surface area contributed by atoms with E-state index in [1.165, 1.54) is 34.6 Å². The maximum atomic E-state index is 6.66. The zero-order valence-electron chi connectivity index (χ0n) is 12.3. The Bertz CT molecular complexity index is 467. The molecule has 0 atom stereocenters. The summed E-state index contributed by atoms with van der Waals surface area (Å²) >= 11 is 6.66. The highest BCUT2D eigenvalue weighted by Gasteiger charge is 2.10. The maximum absolute atomic E-state index is 6.66. The SMILES string of the molecule is CCCc1ccc(P(Cl)c2ccc(CCC)cc2)cc1. The number of hydrogen-bond donors (Lipinski definition) is 0. The Kier molecular flexibility index (Phi) is 6.07. The molecule has 0 saturated heterocycles. The van der Waals surface area contributed by atoms with Gasteiger partial charge in [-0.25, -0.2) is 0 Å². The summed E-state index contributed by atoms with van der Waals surface area (Å²) in [6.45, 7) is 4.42. The average Bonchev–Trinajstić information content (AvgIpc) is 2.49. The first-order valence-corrected chi connectivity index (χ1v) is 9.63. The van der Waals surface area contributed by atoms with Crippen molar-refractivity contribution in [2.75, 3.05) is 0 Å². The Labute approximate surface area is 128 Å². The second-order valence-corrected chi connectivity index (χ2v) is 7.72. The van der Waals surface area contributed by atoms with E-state index in [0.29, 0.717) is 0 Å². The predicted octanol–water partition coefficient (Wildman–Crippen LogP) is 5.18. The van der Waals surface area contributed by atoms with Gasteiger partial charge in [0, 0.05) is 0 Å². The van der Waals surface area contributed by atoms with E-state index in [9.17, 15) is 0 Å². The largest absolute Gasteiger partial charge is 0.0859 e. The number of rotatable bonds is 6. The second kappa shape index (κ2) is 7.81. The van der Waals surface area contributed by atoms with Crippen LogP contribution in [0.1, 0.15) is 37.8 Å². The van der Waals surface area contributed by atoms with Gasteiger partial charge < -0.3 is 0 Å². The van der Waals surface area contributed by atoms with Crippen LogP contribution in [0.15, 0.2) is 48.5 Å². The fourth-order valence-electron chi connectivity index (χ4n) is 2.31. The smallest absolute Gasteiger partial charge is 0.0524 e. The summed E-state index contributed by atoms with van der Waals surface area (Å²) in [7, 11) is -0.742. The van der Waals surface area contributed by atoms with Crippen LogP contribution >= 0.6 is 18.5 Å². The fraction of sp³-hybridized carbons (Fsp3) is 0.333. The lowest BCUT2D eigenvalue weighted by molar-refractivity contribution is 0.922. The lowest BCUT2D eigenvalue weighted by Gasteiger charge is -2.11. The van der Waals surface area contributed by atoms with Gasteiger partial charge in [0.15, 0.2) is 0 Å². The molecule has 2 heteroatoms. The highest BCUT2D eigenvalue weighted by molar-refractivity contribution is 7.95. The topological polar surface area (TPSA) is 0 Å². The minimum absolute atomic E-state index is 0.742. The molecule has 0 heterocycles. The van der Waals surface area contributed by atoms with Gasteiger partial charge in [0.05, 0.1) is 7.27 Å². The minimum Gasteiger partial charge on any atom is -0.0859 e. The van der Waals surface area contributed by atoms with E-state index in [2.05, 4.69) is 62.4 Å². The zero-order valence-corrected chi connectivity index (χ0v) is 13.9. The third-order valence-corrected chi connectivity index (χ3v) is 6.08. The van der Waals surface area contributed by atoms with Crippen LogP contribution in [0.5, 0.6) is 0 Å². The summed E-state index contributed by atoms with van der Waals surface area (Å²) in [4.78, 5) is 0. The van der Waals surface area contributed by atoms with Gasteiger partial charge in [-0.05, 0) is 34.6 Å². The van der Waals surface area contributed by atoms with Crippen LogP contribution in [0.25, 0.3) is 0 Å². The molecule has 20 heavy (non-hydrogen) atoms. The molecule has 0 unspecified atom stereocenters. The van der Waals surface area contributed by atoms with Gasteiger partial charge in [-0.15, -0.1) is 0 Å². The minimum atomic E-state index is -0.742. The van der Waals surface area contributed by atoms with Crippen molar-refractivity contribution in [3.05, 3.63) is 59.7 Å². The number of hydrogen-bond acceptors (Lipinski definition) is 0. The molecule has 2 aromatic rings. The van der Waals surface area contributed by atoms with Crippen molar-refractivity contribution in [1.29, 1.82) is 0 Å². The van der Waals surface area contributed by atoms with E-state index in [1.54, 1.807) is 0 Å². The second-order valence-electron chi connectivity index (χ2n) is 5.11. The molecule has 2 aromatic carbocycles. The van der Waals surface area contributed by atoms with Gasteiger partial charge >= 0.3 is 0 Å². The van der Waals surface area contributed by atoms with Crippen molar-refractivity contribution < 1.29 is 0 Å². The molecule has 0 N–H and O–H groups in total. The molecule has 0 aromatic heterocycles. The number of benzene rings is 2. The standard InChI is InChI=1S/C18H22ClP/c1-3-5-15-7-11-17(12-8-15)20(19)18-13-9-16(6-4-2)10-14-18/h7-14H,3-6H2,1-2H3. The van der Waals surface area contributed by atoms with Crippen molar-refractivity contribution in [1.82, 2.24) is 0 Å². The first-order chi connectivity index (χ1) is 9.74. The Morgan fingerprint density at radius 2 is 1.05 bits per heavy atom. The van der Waals surface area contributed by atoms with Crippen molar-refractivity contribution in [3.8, 4) is 0 Å². The van der Waals surface area contributed by atoms with Gasteiger partial charge in [0.25, 0.3) is 0 Å². The first-order valence-electron chi connectivity index (χ1n) is 7.38. The van der Waals surface area contributed by atoms with Crippen molar-refractivity contribution in [2.45, 2.75) is 39.5 Å². The van der Waals surface area contributed by atoms with Crippen molar-refractivity contribution in [3.63, 3.8) is 0 Å². The quantitative estimate of drug-likeness (QED) is 0.645. The van der Waals surface area contributed by atoms with E-state index in [-0.39, 0.29) is 0 Å². The van der Waals surface area contributed by atoms with Crippen LogP contribution in [0, 0.1) is 0 Å². The molecule has 0 aliphatic carbocycles. The van der Waals surface area contributed by atoms with Gasteiger partial charge in [0.2, 0.25) is 0 Å². The zero-order chi connectivity index (χ0) is 14.4. The van der Waals surface area contributed by atoms with E-state index in [1.807, 2.05) is 0 Å². The third kappa shape index (κ3) is 4.08. The maximum Gasteiger partial charge on any atom is 0.0524 e. The molecule has 0 nitrogen and oxygen atoms in total. The third-order valence-electron chi connectivity index (χ3n) is 3.40. The summed E-state index contributed by atoms with van der Waals surface area (Å²) in [6.07, 6.45) is 4.67. The van der Waals surface area contributed by atoms with E-state index < -0.39 is 7.27 Å². The van der Waals surface area contributed by atoms with E-state index >= 15 is 0 Å². The highest BCUT2D eigenvalue weighted by atomic mass is 35.7. The monoisotopic (exact) mass is 304 g/mol. The van der Waals surface area contributed by atoms with E-state index in [0.717, 1.165) is 12.8 Å². The van der Waals surface area contributed by atoms with Crippen LogP contribution in [0.3, 0.4) is 0 Å². The molecule has 0 aliphatic rings. The molecule has 0 amide bonds. The lowest BCUT2D eigenvalue weighted by atomic mass is 10.1. The van der Waals surface area contributed by atoms with Crippen LogP contribution in [-0.2, 0) is 12.8 Å². The first kappa shape index (κ1) is 15.5. The molecule has 0 bridgehead atoms. The normalized spacial score (nSPS) is 11.0. The van der Waals surface area contributed by atoms with Gasteiger partial charge in [-0.3, -0.25) is 0 Å². The van der Waals surface area contributed by atoms with E-state index in [4.69, 9.17) is 11.2 Å². The molecule has 0 spiro atoms. The Morgan fingerprint density at radius 1 is 0.700 bits per heavy atom. The molecule has 0 aliphatic heterocycles. The van der Waals surface area contributed by atoms with Crippen molar-refractivity contribution >= 4 is 29.1 Å². The molecular formula is C18H22ClP. The summed E-state index contributed by atoms with van der Waals surface area (Å²) in [5.41, 5.74) is 2.80. The van der Waals surface area contributed by atoms with Gasteiger partial charge in [0.1, 0.15) is 0 Å². The molecule has 0 radical (unpaired) electrons. The fourth-order valence-corrected chi connectivity index (χ4v) is 4.11.